The van der Waals surface area contributed by atoms with Gasteiger partial charge in [-0.25, -0.2) is 4.79 Å². The number of rotatable bonds is 6. The molecule has 0 aliphatic carbocycles. The van der Waals surface area contributed by atoms with Gasteiger partial charge in [0.2, 0.25) is 5.91 Å². The smallest absolute Gasteiger partial charge is 0.328 e. The average Bonchev–Trinajstić information content (AvgIpc) is 2.14. The van der Waals surface area contributed by atoms with E-state index in [1.54, 1.807) is 0 Å². The Kier molecular flexibility index (Phi) is 6.88. The van der Waals surface area contributed by atoms with Crippen molar-refractivity contribution in [2.24, 2.45) is 0 Å². The Morgan fingerprint density at radius 1 is 1.36 bits per heavy atom. The number of carbonyl (C=O) groups excluding carboxylic acids is 1. The van der Waals surface area contributed by atoms with E-state index in [9.17, 15) is 9.59 Å². The second-order valence-corrected chi connectivity index (χ2v) is 2.62. The van der Waals surface area contributed by atoms with Crippen LogP contribution in [0.2, 0.25) is 0 Å². The molecule has 14 heavy (non-hydrogen) atoms. The van der Waals surface area contributed by atoms with E-state index in [0.29, 0.717) is 13.0 Å². The highest BCUT2D eigenvalue weighted by molar-refractivity contribution is 5.93. The fourth-order valence-electron chi connectivity index (χ4n) is 0.770. The third-order valence-electron chi connectivity index (χ3n) is 1.42. The molecule has 0 aliphatic heterocycles. The molecule has 76 valence electrons. The summed E-state index contributed by atoms with van der Waals surface area (Å²) in [6, 6.07) is 0. The van der Waals surface area contributed by atoms with Crippen LogP contribution in [0.15, 0.2) is 12.2 Å². The minimum absolute atomic E-state index is 0.395. The largest absolute Gasteiger partial charge is 0.478 e. The molecule has 0 aromatic heterocycles. The van der Waals surface area contributed by atoms with Gasteiger partial charge >= 0.3 is 5.97 Å². The summed E-state index contributed by atoms with van der Waals surface area (Å²) in [6.45, 7) is 0.518. The van der Waals surface area contributed by atoms with Crippen molar-refractivity contribution < 1.29 is 14.7 Å². The van der Waals surface area contributed by atoms with Crippen molar-refractivity contribution in [1.82, 2.24) is 5.32 Å². The van der Waals surface area contributed by atoms with Gasteiger partial charge in [0.25, 0.3) is 0 Å². The van der Waals surface area contributed by atoms with Crippen LogP contribution in [0.3, 0.4) is 0 Å². The molecule has 0 atom stereocenters. The predicted molar refractivity (Wildman–Crippen MR) is 52.5 cm³/mol. The zero-order chi connectivity index (χ0) is 10.8. The van der Waals surface area contributed by atoms with Crippen LogP contribution in [0, 0.1) is 12.3 Å². The van der Waals surface area contributed by atoms with Crippen LogP contribution >= 0.6 is 0 Å². The number of nitrogens with one attached hydrogen (secondary N) is 1. The number of carboxylic acids is 1. The maximum absolute atomic E-state index is 10.9. The van der Waals surface area contributed by atoms with E-state index >= 15 is 0 Å². The molecule has 0 saturated carbocycles. The second-order valence-electron chi connectivity index (χ2n) is 2.62. The third-order valence-corrected chi connectivity index (χ3v) is 1.42. The highest BCUT2D eigenvalue weighted by Gasteiger charge is 1.95. The van der Waals surface area contributed by atoms with Crippen molar-refractivity contribution in [2.45, 2.75) is 19.3 Å². The fourth-order valence-corrected chi connectivity index (χ4v) is 0.770. The number of hydrogen-bond donors (Lipinski definition) is 2. The van der Waals surface area contributed by atoms with Gasteiger partial charge in [-0.1, -0.05) is 0 Å². The Balaban J connectivity index is 3.46. The summed E-state index contributed by atoms with van der Waals surface area (Å²) < 4.78 is 0. The number of aliphatic carboxylic acids is 1. The number of amides is 1. The Bertz CT molecular complexity index is 263. The van der Waals surface area contributed by atoms with Crippen LogP contribution in [0.5, 0.6) is 0 Å². The summed E-state index contributed by atoms with van der Waals surface area (Å²) in [5, 5.41) is 10.8. The quantitative estimate of drug-likeness (QED) is 0.369. The van der Waals surface area contributed by atoms with E-state index in [4.69, 9.17) is 11.5 Å². The van der Waals surface area contributed by atoms with Gasteiger partial charge in [-0.05, 0) is 12.8 Å². The molecule has 0 unspecified atom stereocenters. The van der Waals surface area contributed by atoms with E-state index in [1.165, 1.54) is 0 Å². The molecular weight excluding hydrogens is 182 g/mol. The maximum Gasteiger partial charge on any atom is 0.328 e. The molecule has 0 heterocycles. The Hall–Kier alpha value is -1.76. The maximum atomic E-state index is 10.9. The fraction of sp³-hybridized carbons (Fsp3) is 0.400. The molecule has 0 radical (unpaired) electrons. The standard InChI is InChI=1S/C10H13NO3/c1-2-3-4-5-8-11-9(12)6-7-10(13)14/h1,6-7H,3-5,8H2,(H,11,12)(H,13,14)/b7-6+. The minimum atomic E-state index is -1.13. The van der Waals surface area contributed by atoms with Crippen LogP contribution in [-0.4, -0.2) is 23.5 Å². The van der Waals surface area contributed by atoms with E-state index in [0.717, 1.165) is 25.0 Å². The lowest BCUT2D eigenvalue weighted by Crippen LogP contribution is -2.22. The second kappa shape index (κ2) is 7.87. The van der Waals surface area contributed by atoms with E-state index in [1.807, 2.05) is 0 Å². The van der Waals surface area contributed by atoms with E-state index in [2.05, 4.69) is 11.2 Å². The predicted octanol–water partition coefficient (Wildman–Crippen LogP) is 0.547. The highest BCUT2D eigenvalue weighted by Crippen LogP contribution is 1.91. The number of unbranched alkanes of at least 4 members (excludes halogenated alkanes) is 2. The van der Waals surface area contributed by atoms with Crippen LogP contribution in [-0.2, 0) is 9.59 Å². The van der Waals surface area contributed by atoms with Gasteiger partial charge in [0.1, 0.15) is 0 Å². The van der Waals surface area contributed by atoms with Crippen molar-refractivity contribution in [2.75, 3.05) is 6.54 Å². The van der Waals surface area contributed by atoms with Crippen LogP contribution in [0.1, 0.15) is 19.3 Å². The number of carboxylic acid groups (broad SMARTS) is 1. The summed E-state index contributed by atoms with van der Waals surface area (Å²) >= 11 is 0. The van der Waals surface area contributed by atoms with E-state index < -0.39 is 11.9 Å². The van der Waals surface area contributed by atoms with Gasteiger partial charge in [-0.2, -0.15) is 0 Å². The summed E-state index contributed by atoms with van der Waals surface area (Å²) in [7, 11) is 0. The molecule has 2 N–H and O–H groups in total. The molecular formula is C10H13NO3. The first-order valence-corrected chi connectivity index (χ1v) is 4.29. The lowest BCUT2D eigenvalue weighted by molar-refractivity contribution is -0.131. The van der Waals surface area contributed by atoms with Crippen LogP contribution in [0.4, 0.5) is 0 Å². The molecule has 0 fully saturated rings. The van der Waals surface area contributed by atoms with Crippen LogP contribution < -0.4 is 5.32 Å². The zero-order valence-corrected chi connectivity index (χ0v) is 7.82. The van der Waals surface area contributed by atoms with Gasteiger partial charge in [-0.3, -0.25) is 4.79 Å². The first-order chi connectivity index (χ1) is 6.66. The molecule has 0 aromatic rings. The van der Waals surface area contributed by atoms with Gasteiger partial charge in [-0.15, -0.1) is 12.3 Å². The normalized spacial score (nSPS) is 9.64. The molecule has 0 spiro atoms. The van der Waals surface area contributed by atoms with Gasteiger partial charge in [0.05, 0.1) is 0 Å². The zero-order valence-electron chi connectivity index (χ0n) is 7.82. The lowest BCUT2D eigenvalue weighted by Gasteiger charge is -1.99. The summed E-state index contributed by atoms with van der Waals surface area (Å²) in [4.78, 5) is 20.9. The van der Waals surface area contributed by atoms with Gasteiger partial charge in [0, 0.05) is 25.1 Å². The third kappa shape index (κ3) is 8.34. The molecule has 0 rings (SSSR count). The summed E-state index contributed by atoms with van der Waals surface area (Å²) in [5.41, 5.74) is 0. The van der Waals surface area contributed by atoms with E-state index in [-0.39, 0.29) is 0 Å². The summed E-state index contributed by atoms with van der Waals surface area (Å²) in [6.07, 6.45) is 9.19. The molecule has 0 saturated heterocycles. The first kappa shape index (κ1) is 12.2. The average molecular weight is 195 g/mol. The molecule has 4 nitrogen and oxygen atoms in total. The van der Waals surface area contributed by atoms with Gasteiger partial charge < -0.3 is 10.4 Å². The number of hydrogen-bond acceptors (Lipinski definition) is 2. The lowest BCUT2D eigenvalue weighted by atomic mass is 10.2. The van der Waals surface area contributed by atoms with Crippen molar-refractivity contribution in [1.29, 1.82) is 0 Å². The number of terminal acetylenes is 1. The van der Waals surface area contributed by atoms with Crippen molar-refractivity contribution >= 4 is 11.9 Å². The number of carbonyl (C=O) groups is 2. The molecule has 0 bridgehead atoms. The molecule has 4 heteroatoms. The minimum Gasteiger partial charge on any atom is -0.478 e. The van der Waals surface area contributed by atoms with Crippen molar-refractivity contribution in [3.8, 4) is 12.3 Å². The highest BCUT2D eigenvalue weighted by atomic mass is 16.4. The molecule has 0 aromatic carbocycles. The monoisotopic (exact) mass is 195 g/mol. The van der Waals surface area contributed by atoms with Gasteiger partial charge in [0.15, 0.2) is 0 Å². The first-order valence-electron chi connectivity index (χ1n) is 4.29. The molecule has 1 amide bonds. The Morgan fingerprint density at radius 3 is 2.64 bits per heavy atom. The summed E-state index contributed by atoms with van der Waals surface area (Å²) in [5.74, 6) is 0.964. The van der Waals surface area contributed by atoms with Crippen molar-refractivity contribution in [3.63, 3.8) is 0 Å². The SMILES string of the molecule is C#CCCCCNC(=O)/C=C/C(=O)O. The topological polar surface area (TPSA) is 66.4 Å². The Morgan fingerprint density at radius 2 is 2.07 bits per heavy atom. The molecule has 0 aliphatic rings. The van der Waals surface area contributed by atoms with Crippen LogP contribution in [0.25, 0.3) is 0 Å². The van der Waals surface area contributed by atoms with Crippen molar-refractivity contribution in [3.05, 3.63) is 12.2 Å². The Labute approximate surface area is 83.0 Å².